The molecule has 0 saturated heterocycles. The molecule has 1 amide bonds. The number of hydrogen-bond acceptors (Lipinski definition) is 7. The van der Waals surface area contributed by atoms with Crippen LogP contribution in [0.3, 0.4) is 0 Å². The first kappa shape index (κ1) is 18.8. The van der Waals surface area contributed by atoms with Crippen LogP contribution in [0.5, 0.6) is 0 Å². The summed E-state index contributed by atoms with van der Waals surface area (Å²) in [6, 6.07) is 0. The zero-order chi connectivity index (χ0) is 18.6. The van der Waals surface area contributed by atoms with Crippen molar-refractivity contribution in [3.8, 4) is 0 Å². The van der Waals surface area contributed by atoms with Crippen molar-refractivity contribution in [2.24, 2.45) is 4.99 Å². The molecular weight excluding hydrogens is 326 g/mol. The van der Waals surface area contributed by atoms with Crippen molar-refractivity contribution < 1.29 is 23.9 Å². The van der Waals surface area contributed by atoms with Gasteiger partial charge in [-0.15, -0.1) is 0 Å². The van der Waals surface area contributed by atoms with E-state index in [2.05, 4.69) is 15.6 Å². The first-order chi connectivity index (χ1) is 11.8. The third-order valence-corrected chi connectivity index (χ3v) is 4.15. The van der Waals surface area contributed by atoms with Crippen molar-refractivity contribution in [3.63, 3.8) is 0 Å². The molecule has 0 bridgehead atoms. The van der Waals surface area contributed by atoms with Crippen LogP contribution in [-0.2, 0) is 23.9 Å². The van der Waals surface area contributed by atoms with E-state index in [4.69, 9.17) is 4.74 Å². The Kier molecular flexibility index (Phi) is 5.71. The van der Waals surface area contributed by atoms with E-state index in [1.165, 1.54) is 6.92 Å². The van der Waals surface area contributed by atoms with Crippen LogP contribution < -0.4 is 10.6 Å². The Morgan fingerprint density at radius 3 is 2.64 bits per heavy atom. The van der Waals surface area contributed by atoms with Gasteiger partial charge in [0.05, 0.1) is 13.2 Å². The second kappa shape index (κ2) is 7.58. The molecular formula is C17H23N3O5. The topological polar surface area (TPSA) is 114 Å². The lowest BCUT2D eigenvalue weighted by Crippen LogP contribution is -2.58. The van der Waals surface area contributed by atoms with E-state index >= 15 is 0 Å². The number of fused-ring (bicyclic) bond motifs is 1. The Morgan fingerprint density at radius 2 is 2.00 bits per heavy atom. The molecule has 2 rings (SSSR count). The molecule has 1 atom stereocenters. The molecule has 1 aliphatic carbocycles. The monoisotopic (exact) mass is 349 g/mol. The van der Waals surface area contributed by atoms with Gasteiger partial charge in [-0.1, -0.05) is 6.92 Å². The van der Waals surface area contributed by atoms with Gasteiger partial charge in [-0.2, -0.15) is 0 Å². The Bertz CT molecular complexity index is 680. The average Bonchev–Trinajstić information content (AvgIpc) is 2.59. The van der Waals surface area contributed by atoms with Crippen molar-refractivity contribution in [2.75, 3.05) is 13.2 Å². The second-order valence-corrected chi connectivity index (χ2v) is 6.08. The number of ether oxygens (including phenoxy) is 1. The van der Waals surface area contributed by atoms with Crippen LogP contribution in [0, 0.1) is 0 Å². The molecule has 0 aromatic carbocycles. The van der Waals surface area contributed by atoms with E-state index in [9.17, 15) is 19.2 Å². The van der Waals surface area contributed by atoms with Crippen molar-refractivity contribution in [1.29, 1.82) is 0 Å². The summed E-state index contributed by atoms with van der Waals surface area (Å²) < 4.78 is 5.04. The number of allylic oxidation sites excluding steroid dienone is 1. The fourth-order valence-corrected chi connectivity index (χ4v) is 2.74. The molecule has 136 valence electrons. The lowest BCUT2D eigenvalue weighted by Gasteiger charge is -2.34. The van der Waals surface area contributed by atoms with E-state index in [0.29, 0.717) is 31.3 Å². The molecule has 1 aliphatic heterocycles. The van der Waals surface area contributed by atoms with E-state index in [1.807, 2.05) is 0 Å². The lowest BCUT2D eigenvalue weighted by atomic mass is 9.87. The van der Waals surface area contributed by atoms with E-state index < -0.39 is 17.5 Å². The highest BCUT2D eigenvalue weighted by Gasteiger charge is 2.43. The minimum atomic E-state index is -1.55. The number of Topliss-reactive ketones (excluding diaryl/α,β-unsaturated/α-hetero) is 2. The number of amides is 1. The van der Waals surface area contributed by atoms with Gasteiger partial charge >= 0.3 is 5.97 Å². The maximum atomic E-state index is 12.5. The summed E-state index contributed by atoms with van der Waals surface area (Å²) in [7, 11) is 0. The minimum absolute atomic E-state index is 0.0966. The summed E-state index contributed by atoms with van der Waals surface area (Å²) in [5, 5.41) is 5.32. The average molecular weight is 349 g/mol. The maximum Gasteiger partial charge on any atom is 0.354 e. The number of esters is 1. The molecule has 2 aliphatic rings. The first-order valence-electron chi connectivity index (χ1n) is 8.44. The first-order valence-corrected chi connectivity index (χ1v) is 8.44. The molecule has 1 saturated carbocycles. The fourth-order valence-electron chi connectivity index (χ4n) is 2.74. The minimum Gasteiger partial charge on any atom is -0.461 e. The van der Waals surface area contributed by atoms with Gasteiger partial charge in [0.2, 0.25) is 5.66 Å². The number of carbonyl (C=O) groups excluding carboxylic acids is 4. The predicted molar refractivity (Wildman–Crippen MR) is 89.8 cm³/mol. The van der Waals surface area contributed by atoms with Gasteiger partial charge in [0.1, 0.15) is 11.4 Å². The summed E-state index contributed by atoms with van der Waals surface area (Å²) in [4.78, 5) is 52.8. The van der Waals surface area contributed by atoms with Gasteiger partial charge in [0.25, 0.3) is 5.91 Å². The number of nitrogens with one attached hydrogen (secondary N) is 2. The summed E-state index contributed by atoms with van der Waals surface area (Å²) in [5.74, 6) is -1.53. The lowest BCUT2D eigenvalue weighted by molar-refractivity contribution is -0.139. The quantitative estimate of drug-likeness (QED) is 0.672. The summed E-state index contributed by atoms with van der Waals surface area (Å²) in [6.07, 6.45) is 1.75. The fraction of sp³-hybridized carbons (Fsp3) is 0.588. The third-order valence-electron chi connectivity index (χ3n) is 4.15. The van der Waals surface area contributed by atoms with Crippen molar-refractivity contribution >= 4 is 29.2 Å². The normalized spacial score (nSPS) is 22.5. The zero-order valence-electron chi connectivity index (χ0n) is 14.7. The number of nitrogens with zero attached hydrogens (tertiary/aromatic N) is 1. The van der Waals surface area contributed by atoms with Gasteiger partial charge in [-0.3, -0.25) is 14.4 Å². The second-order valence-electron chi connectivity index (χ2n) is 6.08. The molecule has 0 aromatic heterocycles. The number of rotatable bonds is 6. The van der Waals surface area contributed by atoms with Crippen LogP contribution in [-0.4, -0.2) is 48.0 Å². The number of hydrogen-bond donors (Lipinski definition) is 2. The van der Waals surface area contributed by atoms with Crippen LogP contribution in [0.25, 0.3) is 0 Å². The summed E-state index contributed by atoms with van der Waals surface area (Å²) in [6.45, 7) is 4.88. The molecule has 2 N–H and O–H groups in total. The van der Waals surface area contributed by atoms with Gasteiger partial charge < -0.3 is 15.4 Å². The molecule has 1 heterocycles. The maximum absolute atomic E-state index is 12.5. The Hall–Kier alpha value is -2.51. The van der Waals surface area contributed by atoms with Crippen LogP contribution in [0.4, 0.5) is 0 Å². The highest BCUT2D eigenvalue weighted by atomic mass is 16.5. The van der Waals surface area contributed by atoms with E-state index in [1.54, 1.807) is 13.8 Å². The van der Waals surface area contributed by atoms with E-state index in [0.717, 1.165) is 0 Å². The highest BCUT2D eigenvalue weighted by molar-refractivity contribution is 6.48. The van der Waals surface area contributed by atoms with Crippen LogP contribution >= 0.6 is 0 Å². The Balaban J connectivity index is 2.34. The molecule has 25 heavy (non-hydrogen) atoms. The van der Waals surface area contributed by atoms with Gasteiger partial charge in [-0.05, 0) is 26.7 Å². The van der Waals surface area contributed by atoms with Gasteiger partial charge in [0, 0.05) is 18.4 Å². The number of carbonyl (C=O) groups is 4. The largest absolute Gasteiger partial charge is 0.461 e. The third kappa shape index (κ3) is 3.94. The molecule has 0 radical (unpaired) electrons. The van der Waals surface area contributed by atoms with Crippen LogP contribution in [0.15, 0.2) is 16.3 Å². The smallest absolute Gasteiger partial charge is 0.354 e. The van der Waals surface area contributed by atoms with Gasteiger partial charge in [0.15, 0.2) is 11.6 Å². The molecule has 1 unspecified atom stereocenters. The van der Waals surface area contributed by atoms with Crippen LogP contribution in [0.1, 0.15) is 46.5 Å². The van der Waals surface area contributed by atoms with Crippen molar-refractivity contribution in [2.45, 2.75) is 52.1 Å². The zero-order valence-corrected chi connectivity index (χ0v) is 14.7. The molecule has 1 fully saturated rings. The Labute approximate surface area is 146 Å². The van der Waals surface area contributed by atoms with Crippen molar-refractivity contribution in [3.05, 3.63) is 11.3 Å². The molecule has 0 spiro atoms. The number of aliphatic imine (C=N–C) groups is 1. The SMILES string of the molecule is CCOC(=O)C1=C2CCCC(=O)C2=NC(C)(C(=O)NCC(=O)CC)N1. The van der Waals surface area contributed by atoms with Gasteiger partial charge in [-0.25, -0.2) is 9.79 Å². The molecule has 8 heteroatoms. The summed E-state index contributed by atoms with van der Waals surface area (Å²) >= 11 is 0. The van der Waals surface area contributed by atoms with Crippen molar-refractivity contribution in [1.82, 2.24) is 10.6 Å². The predicted octanol–water partition coefficient (Wildman–Crippen LogP) is 0.412. The highest BCUT2D eigenvalue weighted by Crippen LogP contribution is 2.29. The Morgan fingerprint density at radius 1 is 1.28 bits per heavy atom. The van der Waals surface area contributed by atoms with Crippen LogP contribution in [0.2, 0.25) is 0 Å². The standard InChI is InChI=1S/C17H23N3O5/c1-4-10(21)9-18-16(24)17(3)19-13-11(7-6-8-12(13)22)14(20-17)15(23)25-5-2/h20H,4-9H2,1-3H3,(H,18,24). The summed E-state index contributed by atoms with van der Waals surface area (Å²) in [5.41, 5.74) is -0.821. The number of ketones is 2. The molecule has 8 nitrogen and oxygen atoms in total. The van der Waals surface area contributed by atoms with E-state index in [-0.39, 0.29) is 36.1 Å². The molecule has 0 aromatic rings.